The van der Waals surface area contributed by atoms with E-state index in [4.69, 9.17) is 0 Å². The number of carbonyl (C=O) groups is 2. The SMILES string of the molecule is Cc1ccccc1C(=O)NCC(=O)NCc1cccnc1. The summed E-state index contributed by atoms with van der Waals surface area (Å²) in [6.45, 7) is 2.21. The summed E-state index contributed by atoms with van der Waals surface area (Å²) in [7, 11) is 0. The predicted molar refractivity (Wildman–Crippen MR) is 79.6 cm³/mol. The molecule has 2 N–H and O–H groups in total. The molecule has 0 aliphatic heterocycles. The minimum absolute atomic E-state index is 0.0482. The maximum atomic E-state index is 11.9. The normalized spacial score (nSPS) is 9.95. The molecule has 0 aliphatic carbocycles. The smallest absolute Gasteiger partial charge is 0.251 e. The van der Waals surface area contributed by atoms with Crippen LogP contribution < -0.4 is 10.6 Å². The molecule has 21 heavy (non-hydrogen) atoms. The highest BCUT2D eigenvalue weighted by Gasteiger charge is 2.09. The van der Waals surface area contributed by atoms with Gasteiger partial charge >= 0.3 is 0 Å². The van der Waals surface area contributed by atoms with Crippen molar-refractivity contribution < 1.29 is 9.59 Å². The van der Waals surface area contributed by atoms with Gasteiger partial charge in [-0.05, 0) is 30.2 Å². The molecule has 0 aliphatic rings. The van der Waals surface area contributed by atoms with E-state index in [0.29, 0.717) is 12.1 Å². The van der Waals surface area contributed by atoms with Crippen molar-refractivity contribution in [3.63, 3.8) is 0 Å². The summed E-state index contributed by atoms with van der Waals surface area (Å²) in [5, 5.41) is 5.34. The fourth-order valence-electron chi connectivity index (χ4n) is 1.85. The molecule has 0 unspecified atom stereocenters. The minimum atomic E-state index is -0.246. The van der Waals surface area contributed by atoms with Crippen molar-refractivity contribution >= 4 is 11.8 Å². The van der Waals surface area contributed by atoms with Gasteiger partial charge in [0.25, 0.3) is 5.91 Å². The summed E-state index contributed by atoms with van der Waals surface area (Å²) in [5.41, 5.74) is 2.37. The van der Waals surface area contributed by atoms with Crippen LogP contribution in [0.2, 0.25) is 0 Å². The first-order chi connectivity index (χ1) is 10.2. The van der Waals surface area contributed by atoms with Gasteiger partial charge in [-0.1, -0.05) is 24.3 Å². The van der Waals surface area contributed by atoms with Gasteiger partial charge in [-0.2, -0.15) is 0 Å². The molecule has 0 atom stereocenters. The van der Waals surface area contributed by atoms with Crippen LogP contribution in [0.5, 0.6) is 0 Å². The first kappa shape index (κ1) is 14.7. The molecule has 1 aromatic carbocycles. The Bertz CT molecular complexity index is 626. The molecule has 0 saturated carbocycles. The van der Waals surface area contributed by atoms with Crippen LogP contribution in [0.1, 0.15) is 21.5 Å². The van der Waals surface area contributed by atoms with E-state index < -0.39 is 0 Å². The number of aromatic nitrogens is 1. The lowest BCUT2D eigenvalue weighted by molar-refractivity contribution is -0.120. The number of rotatable bonds is 5. The molecule has 0 radical (unpaired) electrons. The topological polar surface area (TPSA) is 71.1 Å². The molecular formula is C16H17N3O2. The van der Waals surface area contributed by atoms with Gasteiger partial charge in [0.15, 0.2) is 0 Å². The largest absolute Gasteiger partial charge is 0.350 e. The number of hydrogen-bond acceptors (Lipinski definition) is 3. The van der Waals surface area contributed by atoms with E-state index in [1.165, 1.54) is 0 Å². The van der Waals surface area contributed by atoms with Crippen molar-refractivity contribution in [3.05, 3.63) is 65.5 Å². The molecule has 108 valence electrons. The first-order valence-corrected chi connectivity index (χ1v) is 6.66. The number of nitrogens with zero attached hydrogens (tertiary/aromatic N) is 1. The molecule has 5 nitrogen and oxygen atoms in total. The van der Waals surface area contributed by atoms with Gasteiger partial charge in [0.05, 0.1) is 6.54 Å². The van der Waals surface area contributed by atoms with Gasteiger partial charge < -0.3 is 10.6 Å². The molecule has 0 bridgehead atoms. The molecule has 0 spiro atoms. The Morgan fingerprint density at radius 3 is 2.62 bits per heavy atom. The average molecular weight is 283 g/mol. The van der Waals surface area contributed by atoms with Crippen LogP contribution in [0.3, 0.4) is 0 Å². The van der Waals surface area contributed by atoms with E-state index in [0.717, 1.165) is 11.1 Å². The fourth-order valence-corrected chi connectivity index (χ4v) is 1.85. The van der Waals surface area contributed by atoms with Crippen LogP contribution in [0.25, 0.3) is 0 Å². The Labute approximate surface area is 123 Å². The number of amides is 2. The van der Waals surface area contributed by atoms with E-state index in [9.17, 15) is 9.59 Å². The van der Waals surface area contributed by atoms with Crippen molar-refractivity contribution in [1.29, 1.82) is 0 Å². The van der Waals surface area contributed by atoms with E-state index >= 15 is 0 Å². The molecule has 2 amide bonds. The van der Waals surface area contributed by atoms with Gasteiger partial charge in [-0.3, -0.25) is 14.6 Å². The summed E-state index contributed by atoms with van der Waals surface area (Å²) in [6, 6.07) is 10.9. The number of hydrogen-bond donors (Lipinski definition) is 2. The van der Waals surface area contributed by atoms with Crippen LogP contribution in [0, 0.1) is 6.92 Å². The summed E-state index contributed by atoms with van der Waals surface area (Å²) in [4.78, 5) is 27.6. The molecule has 2 rings (SSSR count). The highest BCUT2D eigenvalue weighted by molar-refractivity contribution is 5.97. The molecular weight excluding hydrogens is 266 g/mol. The molecule has 5 heteroatoms. The Morgan fingerprint density at radius 1 is 1.10 bits per heavy atom. The number of carbonyl (C=O) groups excluding carboxylic acids is 2. The van der Waals surface area contributed by atoms with Gasteiger partial charge in [-0.15, -0.1) is 0 Å². The lowest BCUT2D eigenvalue weighted by Gasteiger charge is -2.08. The zero-order valence-corrected chi connectivity index (χ0v) is 11.8. The van der Waals surface area contributed by atoms with E-state index in [1.54, 1.807) is 30.6 Å². The maximum absolute atomic E-state index is 11.9. The van der Waals surface area contributed by atoms with E-state index in [-0.39, 0.29) is 18.4 Å². The third-order valence-corrected chi connectivity index (χ3v) is 3.01. The second kappa shape index (κ2) is 7.19. The van der Waals surface area contributed by atoms with Crippen LogP contribution in [-0.4, -0.2) is 23.3 Å². The van der Waals surface area contributed by atoms with Crippen LogP contribution in [0.15, 0.2) is 48.8 Å². The Kier molecular flexibility index (Phi) is 5.04. The molecule has 0 fully saturated rings. The summed E-state index contributed by atoms with van der Waals surface area (Å²) >= 11 is 0. The predicted octanol–water partition coefficient (Wildman–Crippen LogP) is 1.44. The maximum Gasteiger partial charge on any atom is 0.251 e. The number of benzene rings is 1. The van der Waals surface area contributed by atoms with E-state index in [2.05, 4.69) is 15.6 Å². The third kappa shape index (κ3) is 4.42. The quantitative estimate of drug-likeness (QED) is 0.872. The molecule has 0 saturated heterocycles. The van der Waals surface area contributed by atoms with Crippen molar-refractivity contribution in [3.8, 4) is 0 Å². The first-order valence-electron chi connectivity index (χ1n) is 6.66. The Balaban J connectivity index is 1.79. The average Bonchev–Trinajstić information content (AvgIpc) is 2.52. The lowest BCUT2D eigenvalue weighted by Crippen LogP contribution is -2.36. The number of pyridine rings is 1. The van der Waals surface area contributed by atoms with Crippen LogP contribution in [0.4, 0.5) is 0 Å². The fraction of sp³-hybridized carbons (Fsp3) is 0.188. The Hall–Kier alpha value is -2.69. The highest BCUT2D eigenvalue weighted by Crippen LogP contribution is 2.06. The molecule has 1 aromatic heterocycles. The molecule has 2 aromatic rings. The van der Waals surface area contributed by atoms with E-state index in [1.807, 2.05) is 25.1 Å². The second-order valence-electron chi connectivity index (χ2n) is 4.64. The zero-order valence-electron chi connectivity index (χ0n) is 11.8. The minimum Gasteiger partial charge on any atom is -0.350 e. The van der Waals surface area contributed by atoms with Gasteiger partial charge in [0.1, 0.15) is 0 Å². The monoisotopic (exact) mass is 283 g/mol. The lowest BCUT2D eigenvalue weighted by atomic mass is 10.1. The van der Waals surface area contributed by atoms with Crippen molar-refractivity contribution in [2.24, 2.45) is 0 Å². The van der Waals surface area contributed by atoms with Crippen molar-refractivity contribution in [2.45, 2.75) is 13.5 Å². The van der Waals surface area contributed by atoms with Gasteiger partial charge in [0.2, 0.25) is 5.91 Å². The zero-order chi connectivity index (χ0) is 15.1. The Morgan fingerprint density at radius 2 is 1.90 bits per heavy atom. The second-order valence-corrected chi connectivity index (χ2v) is 4.64. The van der Waals surface area contributed by atoms with Crippen LogP contribution in [-0.2, 0) is 11.3 Å². The number of aryl methyl sites for hydroxylation is 1. The third-order valence-electron chi connectivity index (χ3n) is 3.01. The summed E-state index contributed by atoms with van der Waals surface area (Å²) in [5.74, 6) is -0.481. The number of nitrogens with one attached hydrogen (secondary N) is 2. The molecule has 1 heterocycles. The summed E-state index contributed by atoms with van der Waals surface area (Å²) < 4.78 is 0. The standard InChI is InChI=1S/C16H17N3O2/c1-12-5-2-3-7-14(12)16(21)19-11-15(20)18-10-13-6-4-8-17-9-13/h2-9H,10-11H2,1H3,(H,18,20)(H,19,21). The van der Waals surface area contributed by atoms with Crippen molar-refractivity contribution in [2.75, 3.05) is 6.54 Å². The summed E-state index contributed by atoms with van der Waals surface area (Å²) in [6.07, 6.45) is 3.36. The van der Waals surface area contributed by atoms with Gasteiger partial charge in [-0.25, -0.2) is 0 Å². The van der Waals surface area contributed by atoms with Gasteiger partial charge in [0, 0.05) is 24.5 Å². The van der Waals surface area contributed by atoms with Crippen molar-refractivity contribution in [1.82, 2.24) is 15.6 Å². The van der Waals surface area contributed by atoms with Crippen LogP contribution >= 0.6 is 0 Å². The highest BCUT2D eigenvalue weighted by atomic mass is 16.2.